The maximum atomic E-state index is 12.5. The molecule has 2 aromatic rings. The monoisotopic (exact) mass is 406 g/mol. The predicted octanol–water partition coefficient (Wildman–Crippen LogP) is 4.53. The molecule has 2 aromatic carbocycles. The highest BCUT2D eigenvalue weighted by atomic mass is 35.5. The Balaban J connectivity index is 1.46. The summed E-state index contributed by atoms with van der Waals surface area (Å²) in [5, 5.41) is 4.39. The van der Waals surface area contributed by atoms with Gasteiger partial charge in [-0.15, -0.1) is 0 Å². The molecule has 1 aliphatic heterocycles. The lowest BCUT2D eigenvalue weighted by Gasteiger charge is -2.31. The first-order valence-electron chi connectivity index (χ1n) is 9.12. The Morgan fingerprint density at radius 2 is 1.96 bits per heavy atom. The molecule has 0 radical (unpaired) electrons. The molecule has 4 nitrogen and oxygen atoms in total. The molecule has 27 heavy (non-hydrogen) atoms. The zero-order valence-corrected chi connectivity index (χ0v) is 16.9. The van der Waals surface area contributed by atoms with E-state index < -0.39 is 0 Å². The molecule has 1 amide bonds. The molecule has 1 aliphatic rings. The first-order chi connectivity index (χ1) is 13.0. The van der Waals surface area contributed by atoms with E-state index >= 15 is 0 Å². The van der Waals surface area contributed by atoms with Crippen molar-refractivity contribution in [1.29, 1.82) is 0 Å². The van der Waals surface area contributed by atoms with E-state index in [1.54, 1.807) is 13.2 Å². The SMILES string of the molecule is COc1cccc(CNC(=O)C2CCN(Cc3ccc(Cl)cc3Cl)CC2)c1. The van der Waals surface area contributed by atoms with Crippen LogP contribution in [-0.2, 0) is 17.9 Å². The second kappa shape index (κ2) is 9.45. The van der Waals surface area contributed by atoms with Gasteiger partial charge in [-0.05, 0) is 61.3 Å². The van der Waals surface area contributed by atoms with E-state index in [-0.39, 0.29) is 11.8 Å². The van der Waals surface area contributed by atoms with Gasteiger partial charge in [0.05, 0.1) is 7.11 Å². The molecule has 0 aromatic heterocycles. The Labute approximate surface area is 170 Å². The fourth-order valence-corrected chi connectivity index (χ4v) is 3.83. The molecular formula is C21H24Cl2N2O2. The van der Waals surface area contributed by atoms with E-state index in [9.17, 15) is 4.79 Å². The smallest absolute Gasteiger partial charge is 0.223 e. The van der Waals surface area contributed by atoms with Crippen molar-refractivity contribution in [1.82, 2.24) is 10.2 Å². The molecule has 0 saturated carbocycles. The number of methoxy groups -OCH3 is 1. The Hall–Kier alpha value is -1.75. The first-order valence-corrected chi connectivity index (χ1v) is 9.87. The number of amides is 1. The van der Waals surface area contributed by atoms with Gasteiger partial charge in [-0.25, -0.2) is 0 Å². The molecule has 0 bridgehead atoms. The second-order valence-corrected chi connectivity index (χ2v) is 7.70. The Bertz CT molecular complexity index is 790. The van der Waals surface area contributed by atoms with Crippen LogP contribution < -0.4 is 10.1 Å². The van der Waals surface area contributed by atoms with E-state index in [0.717, 1.165) is 49.4 Å². The molecule has 0 unspecified atom stereocenters. The fourth-order valence-electron chi connectivity index (χ4n) is 3.36. The van der Waals surface area contributed by atoms with E-state index in [1.165, 1.54) is 0 Å². The number of rotatable bonds is 6. The number of nitrogens with one attached hydrogen (secondary N) is 1. The van der Waals surface area contributed by atoms with Crippen LogP contribution in [0.15, 0.2) is 42.5 Å². The van der Waals surface area contributed by atoms with Crippen molar-refractivity contribution in [2.45, 2.75) is 25.9 Å². The summed E-state index contributed by atoms with van der Waals surface area (Å²) >= 11 is 12.2. The first kappa shape index (κ1) is 20.0. The van der Waals surface area contributed by atoms with Crippen LogP contribution in [0.1, 0.15) is 24.0 Å². The fraction of sp³-hybridized carbons (Fsp3) is 0.381. The molecule has 0 spiro atoms. The molecule has 144 valence electrons. The third-order valence-corrected chi connectivity index (χ3v) is 5.56. The number of likely N-dealkylation sites (tertiary alicyclic amines) is 1. The normalized spacial score (nSPS) is 15.5. The van der Waals surface area contributed by atoms with Gasteiger partial charge in [-0.1, -0.05) is 41.4 Å². The number of benzene rings is 2. The van der Waals surface area contributed by atoms with E-state index in [4.69, 9.17) is 27.9 Å². The summed E-state index contributed by atoms with van der Waals surface area (Å²) in [5.74, 6) is 0.991. The maximum Gasteiger partial charge on any atom is 0.223 e. The van der Waals surface area contributed by atoms with Crippen LogP contribution in [-0.4, -0.2) is 31.0 Å². The van der Waals surface area contributed by atoms with E-state index in [1.807, 2.05) is 36.4 Å². The van der Waals surface area contributed by atoms with Crippen molar-refractivity contribution >= 4 is 29.1 Å². The van der Waals surface area contributed by atoms with Gasteiger partial charge in [0, 0.05) is 29.1 Å². The quantitative estimate of drug-likeness (QED) is 0.765. The lowest BCUT2D eigenvalue weighted by molar-refractivity contribution is -0.126. The standard InChI is InChI=1S/C21H24Cl2N2O2/c1-27-19-4-2-3-15(11-19)13-24-21(26)16-7-9-25(10-8-16)14-17-5-6-18(22)12-20(17)23/h2-6,11-12,16H,7-10,13-14H2,1H3,(H,24,26). The number of halogens is 2. The lowest BCUT2D eigenvalue weighted by atomic mass is 9.95. The predicted molar refractivity (Wildman–Crippen MR) is 109 cm³/mol. The minimum atomic E-state index is 0.0625. The molecule has 1 N–H and O–H groups in total. The summed E-state index contributed by atoms with van der Waals surface area (Å²) in [6.07, 6.45) is 1.71. The third kappa shape index (κ3) is 5.61. The number of ether oxygens (including phenoxy) is 1. The van der Waals surface area contributed by atoms with Gasteiger partial charge in [-0.2, -0.15) is 0 Å². The Morgan fingerprint density at radius 3 is 2.67 bits per heavy atom. The summed E-state index contributed by atoms with van der Waals surface area (Å²) in [7, 11) is 1.64. The van der Waals surface area contributed by atoms with E-state index in [0.29, 0.717) is 16.6 Å². The second-order valence-electron chi connectivity index (χ2n) is 6.86. The summed E-state index contributed by atoms with van der Waals surface area (Å²) in [6.45, 7) is 3.08. The molecular weight excluding hydrogens is 383 g/mol. The van der Waals surface area contributed by atoms with E-state index in [2.05, 4.69) is 10.2 Å². The van der Waals surface area contributed by atoms with Crippen molar-refractivity contribution in [2.75, 3.05) is 20.2 Å². The summed E-state index contributed by atoms with van der Waals surface area (Å²) < 4.78 is 5.22. The van der Waals surface area contributed by atoms with Gasteiger partial charge in [0.2, 0.25) is 5.91 Å². The Morgan fingerprint density at radius 1 is 1.19 bits per heavy atom. The van der Waals surface area contributed by atoms with Crippen LogP contribution in [0.25, 0.3) is 0 Å². The number of hydrogen-bond donors (Lipinski definition) is 1. The van der Waals surface area contributed by atoms with Gasteiger partial charge >= 0.3 is 0 Å². The highest BCUT2D eigenvalue weighted by Gasteiger charge is 2.25. The number of piperidine rings is 1. The van der Waals surface area contributed by atoms with Crippen LogP contribution in [0, 0.1) is 5.92 Å². The molecule has 1 fully saturated rings. The zero-order chi connectivity index (χ0) is 19.2. The van der Waals surface area contributed by atoms with Gasteiger partial charge in [0.25, 0.3) is 0 Å². The van der Waals surface area contributed by atoms with Crippen molar-refractivity contribution in [3.8, 4) is 5.75 Å². The Kier molecular flexibility index (Phi) is 7.00. The minimum Gasteiger partial charge on any atom is -0.497 e. The highest BCUT2D eigenvalue weighted by Crippen LogP contribution is 2.25. The summed E-state index contributed by atoms with van der Waals surface area (Å²) in [4.78, 5) is 14.8. The zero-order valence-electron chi connectivity index (χ0n) is 15.4. The van der Waals surface area contributed by atoms with Crippen molar-refractivity contribution in [3.05, 3.63) is 63.6 Å². The minimum absolute atomic E-state index is 0.0625. The number of nitrogens with zero attached hydrogens (tertiary/aromatic N) is 1. The molecule has 3 rings (SSSR count). The number of carbonyl (C=O) groups excluding carboxylic acids is 1. The third-order valence-electron chi connectivity index (χ3n) is 4.97. The van der Waals surface area contributed by atoms with Gasteiger partial charge < -0.3 is 10.1 Å². The van der Waals surface area contributed by atoms with Crippen molar-refractivity contribution < 1.29 is 9.53 Å². The molecule has 0 aliphatic carbocycles. The van der Waals surface area contributed by atoms with Crippen molar-refractivity contribution in [3.63, 3.8) is 0 Å². The molecule has 1 heterocycles. The lowest BCUT2D eigenvalue weighted by Crippen LogP contribution is -2.40. The average Bonchev–Trinajstić information content (AvgIpc) is 2.69. The molecule has 6 heteroatoms. The summed E-state index contributed by atoms with van der Waals surface area (Å²) in [6, 6.07) is 13.4. The number of hydrogen-bond acceptors (Lipinski definition) is 3. The van der Waals surface area contributed by atoms with Gasteiger partial charge in [0.15, 0.2) is 0 Å². The van der Waals surface area contributed by atoms with Crippen LogP contribution in [0.2, 0.25) is 10.0 Å². The van der Waals surface area contributed by atoms with Crippen molar-refractivity contribution in [2.24, 2.45) is 5.92 Å². The largest absolute Gasteiger partial charge is 0.497 e. The van der Waals surface area contributed by atoms with Gasteiger partial charge in [0.1, 0.15) is 5.75 Å². The summed E-state index contributed by atoms with van der Waals surface area (Å²) in [5.41, 5.74) is 2.11. The van der Waals surface area contributed by atoms with Gasteiger partial charge in [-0.3, -0.25) is 9.69 Å². The van der Waals surface area contributed by atoms with Crippen LogP contribution in [0.4, 0.5) is 0 Å². The highest BCUT2D eigenvalue weighted by molar-refractivity contribution is 6.35. The topological polar surface area (TPSA) is 41.6 Å². The van der Waals surface area contributed by atoms with Crippen LogP contribution in [0.3, 0.4) is 0 Å². The maximum absolute atomic E-state index is 12.5. The molecule has 0 atom stereocenters. The van der Waals surface area contributed by atoms with Crippen LogP contribution >= 0.6 is 23.2 Å². The van der Waals surface area contributed by atoms with Crippen LogP contribution in [0.5, 0.6) is 5.75 Å². The number of carbonyl (C=O) groups is 1. The average molecular weight is 407 g/mol. The molecule has 1 saturated heterocycles.